The summed E-state index contributed by atoms with van der Waals surface area (Å²) in [4.78, 5) is 21.0. The Kier molecular flexibility index (Phi) is 4.01. The molecular formula is C16H20N4O. The third kappa shape index (κ3) is 3.31. The van der Waals surface area contributed by atoms with Crippen LogP contribution in [0.1, 0.15) is 16.1 Å². The topological polar surface area (TPSA) is 41.4 Å². The lowest BCUT2D eigenvalue weighted by Gasteiger charge is -2.34. The molecule has 1 saturated heterocycles. The Morgan fingerprint density at radius 3 is 2.48 bits per heavy atom. The van der Waals surface area contributed by atoms with Crippen molar-refractivity contribution in [3.63, 3.8) is 0 Å². The van der Waals surface area contributed by atoms with Crippen LogP contribution in [-0.4, -0.2) is 51.4 Å². The molecule has 5 nitrogen and oxygen atoms in total. The SMILES string of the molecule is Cn1cnc(CN2CCN(C(=O)c3ccccc3)CC2)c1. The van der Waals surface area contributed by atoms with Crippen LogP contribution in [0.25, 0.3) is 0 Å². The van der Waals surface area contributed by atoms with Gasteiger partial charge in [-0.3, -0.25) is 9.69 Å². The van der Waals surface area contributed by atoms with Crippen molar-refractivity contribution in [3.8, 4) is 0 Å². The number of hydrogen-bond acceptors (Lipinski definition) is 3. The highest BCUT2D eigenvalue weighted by molar-refractivity contribution is 5.94. The molecule has 0 aliphatic carbocycles. The molecule has 1 fully saturated rings. The number of amides is 1. The van der Waals surface area contributed by atoms with Crippen molar-refractivity contribution < 1.29 is 4.79 Å². The van der Waals surface area contributed by atoms with Crippen molar-refractivity contribution >= 4 is 5.91 Å². The summed E-state index contributed by atoms with van der Waals surface area (Å²) in [5.74, 6) is 0.132. The lowest BCUT2D eigenvalue weighted by atomic mass is 10.2. The number of rotatable bonds is 3. The number of benzene rings is 1. The zero-order valence-electron chi connectivity index (χ0n) is 12.3. The normalized spacial score (nSPS) is 16.1. The highest BCUT2D eigenvalue weighted by Crippen LogP contribution is 2.10. The second-order valence-corrected chi connectivity index (χ2v) is 5.46. The van der Waals surface area contributed by atoms with E-state index in [1.807, 2.05) is 59.4 Å². The third-order valence-corrected chi connectivity index (χ3v) is 3.82. The van der Waals surface area contributed by atoms with Crippen LogP contribution in [0, 0.1) is 0 Å². The molecule has 2 aromatic rings. The van der Waals surface area contributed by atoms with E-state index in [2.05, 4.69) is 9.88 Å². The minimum absolute atomic E-state index is 0.132. The zero-order chi connectivity index (χ0) is 14.7. The van der Waals surface area contributed by atoms with Crippen LogP contribution in [-0.2, 0) is 13.6 Å². The molecule has 21 heavy (non-hydrogen) atoms. The van der Waals surface area contributed by atoms with Crippen LogP contribution in [0.4, 0.5) is 0 Å². The van der Waals surface area contributed by atoms with Crippen molar-refractivity contribution in [1.82, 2.24) is 19.4 Å². The molecule has 0 saturated carbocycles. The Labute approximate surface area is 124 Å². The van der Waals surface area contributed by atoms with Gasteiger partial charge in [-0.25, -0.2) is 4.98 Å². The Hall–Kier alpha value is -2.14. The molecule has 1 aromatic carbocycles. The molecule has 0 atom stereocenters. The molecule has 1 aliphatic heterocycles. The van der Waals surface area contributed by atoms with Crippen LogP contribution in [0.2, 0.25) is 0 Å². The van der Waals surface area contributed by atoms with Gasteiger partial charge in [-0.1, -0.05) is 18.2 Å². The molecule has 1 aliphatic rings. The third-order valence-electron chi connectivity index (χ3n) is 3.82. The second kappa shape index (κ2) is 6.10. The second-order valence-electron chi connectivity index (χ2n) is 5.46. The first-order chi connectivity index (χ1) is 10.2. The number of carbonyl (C=O) groups is 1. The van der Waals surface area contributed by atoms with Gasteiger partial charge in [0.2, 0.25) is 0 Å². The first kappa shape index (κ1) is 13.8. The first-order valence-corrected chi connectivity index (χ1v) is 7.26. The largest absolute Gasteiger partial charge is 0.340 e. The van der Waals surface area contributed by atoms with E-state index >= 15 is 0 Å². The van der Waals surface area contributed by atoms with E-state index in [4.69, 9.17) is 0 Å². The van der Waals surface area contributed by atoms with E-state index in [-0.39, 0.29) is 5.91 Å². The van der Waals surface area contributed by atoms with Crippen LogP contribution in [0.3, 0.4) is 0 Å². The quantitative estimate of drug-likeness (QED) is 0.855. The molecule has 1 amide bonds. The summed E-state index contributed by atoms with van der Waals surface area (Å²) in [5.41, 5.74) is 1.86. The Morgan fingerprint density at radius 1 is 1.14 bits per heavy atom. The fraction of sp³-hybridized carbons (Fsp3) is 0.375. The maximum absolute atomic E-state index is 12.4. The molecule has 5 heteroatoms. The number of nitrogens with zero attached hydrogens (tertiary/aromatic N) is 4. The van der Waals surface area contributed by atoms with Crippen molar-refractivity contribution in [2.24, 2.45) is 7.05 Å². The summed E-state index contributed by atoms with van der Waals surface area (Å²) < 4.78 is 1.96. The number of aromatic nitrogens is 2. The number of carbonyl (C=O) groups excluding carboxylic acids is 1. The Morgan fingerprint density at radius 2 is 1.86 bits per heavy atom. The number of aryl methyl sites for hydroxylation is 1. The first-order valence-electron chi connectivity index (χ1n) is 7.26. The van der Waals surface area contributed by atoms with Gasteiger partial charge in [-0.05, 0) is 12.1 Å². The van der Waals surface area contributed by atoms with Crippen LogP contribution < -0.4 is 0 Å². The fourth-order valence-corrected chi connectivity index (χ4v) is 2.65. The van der Waals surface area contributed by atoms with Gasteiger partial charge in [0, 0.05) is 51.5 Å². The van der Waals surface area contributed by atoms with E-state index in [1.54, 1.807) is 0 Å². The highest BCUT2D eigenvalue weighted by atomic mass is 16.2. The Bertz CT molecular complexity index is 600. The van der Waals surface area contributed by atoms with E-state index in [0.717, 1.165) is 44.0 Å². The lowest BCUT2D eigenvalue weighted by molar-refractivity contribution is 0.0627. The number of hydrogen-bond donors (Lipinski definition) is 0. The molecular weight excluding hydrogens is 264 g/mol. The minimum atomic E-state index is 0.132. The van der Waals surface area contributed by atoms with Gasteiger partial charge in [-0.15, -0.1) is 0 Å². The predicted molar refractivity (Wildman–Crippen MR) is 80.8 cm³/mol. The van der Waals surface area contributed by atoms with Crippen LogP contribution in [0.5, 0.6) is 0 Å². The van der Waals surface area contributed by atoms with Gasteiger partial charge < -0.3 is 9.47 Å². The van der Waals surface area contributed by atoms with Gasteiger partial charge in [0.05, 0.1) is 12.0 Å². The van der Waals surface area contributed by atoms with Gasteiger partial charge in [0.25, 0.3) is 5.91 Å². The average Bonchev–Trinajstić information content (AvgIpc) is 2.93. The molecule has 0 N–H and O–H groups in total. The van der Waals surface area contributed by atoms with Gasteiger partial charge in [0.1, 0.15) is 0 Å². The number of imidazole rings is 1. The van der Waals surface area contributed by atoms with E-state index < -0.39 is 0 Å². The number of piperazine rings is 1. The standard InChI is InChI=1S/C16H20N4O/c1-18-11-15(17-13-18)12-19-7-9-20(10-8-19)16(21)14-5-3-2-4-6-14/h2-6,11,13H,7-10,12H2,1H3. The van der Waals surface area contributed by atoms with Crippen molar-refractivity contribution in [3.05, 3.63) is 54.1 Å². The van der Waals surface area contributed by atoms with E-state index in [9.17, 15) is 4.79 Å². The van der Waals surface area contributed by atoms with Gasteiger partial charge in [-0.2, -0.15) is 0 Å². The zero-order valence-corrected chi connectivity index (χ0v) is 12.3. The molecule has 3 rings (SSSR count). The lowest BCUT2D eigenvalue weighted by Crippen LogP contribution is -2.48. The maximum Gasteiger partial charge on any atom is 0.253 e. The van der Waals surface area contributed by atoms with Gasteiger partial charge in [0.15, 0.2) is 0 Å². The summed E-state index contributed by atoms with van der Waals surface area (Å²) >= 11 is 0. The summed E-state index contributed by atoms with van der Waals surface area (Å²) in [6, 6.07) is 9.50. The Balaban J connectivity index is 1.54. The van der Waals surface area contributed by atoms with Crippen LogP contribution >= 0.6 is 0 Å². The summed E-state index contributed by atoms with van der Waals surface area (Å²) in [6.45, 7) is 4.21. The molecule has 0 radical (unpaired) electrons. The summed E-state index contributed by atoms with van der Waals surface area (Å²) in [7, 11) is 1.98. The fourth-order valence-electron chi connectivity index (χ4n) is 2.65. The van der Waals surface area contributed by atoms with Crippen molar-refractivity contribution in [2.75, 3.05) is 26.2 Å². The summed E-state index contributed by atoms with van der Waals surface area (Å²) in [6.07, 6.45) is 3.87. The molecule has 1 aromatic heterocycles. The predicted octanol–water partition coefficient (Wildman–Crippen LogP) is 1.38. The monoisotopic (exact) mass is 284 g/mol. The van der Waals surface area contributed by atoms with Crippen molar-refractivity contribution in [2.45, 2.75) is 6.54 Å². The van der Waals surface area contributed by atoms with Crippen molar-refractivity contribution in [1.29, 1.82) is 0 Å². The molecule has 110 valence electrons. The smallest absolute Gasteiger partial charge is 0.253 e. The molecule has 0 spiro atoms. The van der Waals surface area contributed by atoms with Crippen LogP contribution in [0.15, 0.2) is 42.9 Å². The molecule has 0 bridgehead atoms. The van der Waals surface area contributed by atoms with E-state index in [1.165, 1.54) is 0 Å². The van der Waals surface area contributed by atoms with E-state index in [0.29, 0.717) is 0 Å². The summed E-state index contributed by atoms with van der Waals surface area (Å²) in [5, 5.41) is 0. The molecule has 2 heterocycles. The highest BCUT2D eigenvalue weighted by Gasteiger charge is 2.22. The maximum atomic E-state index is 12.4. The average molecular weight is 284 g/mol. The minimum Gasteiger partial charge on any atom is -0.340 e. The molecule has 0 unspecified atom stereocenters. The van der Waals surface area contributed by atoms with Gasteiger partial charge >= 0.3 is 0 Å².